The number of carbonyl (C=O) groups excluding carboxylic acids is 1. The molecule has 3 rings (SSSR count). The van der Waals surface area contributed by atoms with Crippen molar-refractivity contribution in [1.29, 1.82) is 0 Å². The highest BCUT2D eigenvalue weighted by Gasteiger charge is 2.47. The first-order valence-electron chi connectivity index (χ1n) is 15.6. The average Bonchev–Trinajstić information content (AvgIpc) is 3.65. The minimum atomic E-state index is -0.346. The van der Waals surface area contributed by atoms with E-state index in [1.54, 1.807) is 12.4 Å². The van der Waals surface area contributed by atoms with E-state index in [2.05, 4.69) is 115 Å². The van der Waals surface area contributed by atoms with Gasteiger partial charge in [-0.05, 0) is 77.1 Å². The molecule has 1 N–H and O–H groups in total. The summed E-state index contributed by atoms with van der Waals surface area (Å²) < 4.78 is 6.05. The Morgan fingerprint density at radius 2 is 1.64 bits per heavy atom. The topological polar surface area (TPSA) is 49.5 Å². The summed E-state index contributed by atoms with van der Waals surface area (Å²) in [5.74, 6) is 0.918. The molecule has 0 saturated carbocycles. The van der Waals surface area contributed by atoms with Crippen molar-refractivity contribution in [2.45, 2.75) is 126 Å². The van der Waals surface area contributed by atoms with Gasteiger partial charge in [-0.1, -0.05) is 95.6 Å². The van der Waals surface area contributed by atoms with Crippen molar-refractivity contribution in [3.8, 4) is 0 Å². The van der Waals surface area contributed by atoms with Crippen LogP contribution in [0.5, 0.6) is 0 Å². The van der Waals surface area contributed by atoms with Gasteiger partial charge >= 0.3 is 6.09 Å². The molecule has 4 nitrogen and oxygen atoms in total. The van der Waals surface area contributed by atoms with Crippen LogP contribution in [0.25, 0.3) is 0 Å². The summed E-state index contributed by atoms with van der Waals surface area (Å²) in [6.45, 7) is 31.3. The highest BCUT2D eigenvalue weighted by Crippen LogP contribution is 2.58. The maximum Gasteiger partial charge on any atom is 0.418 e. The predicted molar refractivity (Wildman–Crippen MR) is 183 cm³/mol. The van der Waals surface area contributed by atoms with E-state index >= 15 is 0 Å². The van der Waals surface area contributed by atoms with Gasteiger partial charge in [-0.3, -0.25) is 4.90 Å². The maximum atomic E-state index is 12.8. The number of amides is 1. The average molecular weight is 616 g/mol. The Morgan fingerprint density at radius 1 is 1.05 bits per heavy atom. The van der Waals surface area contributed by atoms with Crippen molar-refractivity contribution < 1.29 is 14.6 Å². The van der Waals surface area contributed by atoms with Crippen LogP contribution < -0.4 is 0 Å². The third-order valence-electron chi connectivity index (χ3n) is 9.15. The minimum absolute atomic E-state index is 0.0643. The fourth-order valence-corrected chi connectivity index (χ4v) is 8.83. The summed E-state index contributed by atoms with van der Waals surface area (Å²) in [5, 5.41) is 11.6. The molecule has 4 atom stereocenters. The van der Waals surface area contributed by atoms with Crippen LogP contribution in [0.15, 0.2) is 57.3 Å². The van der Waals surface area contributed by atoms with Crippen molar-refractivity contribution in [1.82, 2.24) is 4.90 Å². The summed E-state index contributed by atoms with van der Waals surface area (Å²) in [6.07, 6.45) is 12.8. The van der Waals surface area contributed by atoms with Crippen LogP contribution >= 0.6 is 23.5 Å². The van der Waals surface area contributed by atoms with Gasteiger partial charge in [-0.2, -0.15) is 0 Å². The number of hydrogen-bond donors (Lipinski definition) is 1. The molecule has 0 spiro atoms. The number of aliphatic hydroxyl groups is 1. The van der Waals surface area contributed by atoms with Gasteiger partial charge in [0.1, 0.15) is 11.9 Å². The predicted octanol–water partition coefficient (Wildman–Crippen LogP) is 11.6. The molecule has 1 heterocycles. The molecule has 0 bridgehead atoms. The summed E-state index contributed by atoms with van der Waals surface area (Å²) in [6, 6.07) is 0. The molecular weight excluding hydrogens is 559 g/mol. The van der Waals surface area contributed by atoms with Gasteiger partial charge in [0.05, 0.1) is 4.08 Å². The van der Waals surface area contributed by atoms with Gasteiger partial charge in [0, 0.05) is 28.6 Å². The molecule has 0 radical (unpaired) electrons. The summed E-state index contributed by atoms with van der Waals surface area (Å²) in [4.78, 5) is 16.9. The van der Waals surface area contributed by atoms with Crippen LogP contribution in [0, 0.1) is 33.5 Å². The zero-order valence-corrected chi connectivity index (χ0v) is 30.4. The van der Waals surface area contributed by atoms with Crippen LogP contribution in [0.4, 0.5) is 4.79 Å². The molecule has 0 aromatic heterocycles. The standard InChI is InChI=1S/C36H57NO3S2/c1-15-16-23(2)26-19-24(20-27(32(3,4)5)29(26)40-31(39)37-17-18-37)41-35(12,13)42-25-21-28(33(6,7)8)30(38)36(14,22-25)34(9,10)11/h17-21,23,27,29,38H,15-16,22H2,1-14H3. The SMILES string of the molecule is CCCC(C)C1=CC(SC(C)(C)SC2=CC(C(C)(C)C)=C(O)C(C)(C(C)(C)C)C2)=CC(C(C)(C)C)C1OC(=O)N1C=C1. The number of ether oxygens (including phenoxy) is 1. The molecule has 6 heteroatoms. The van der Waals surface area contributed by atoms with Gasteiger partial charge < -0.3 is 9.84 Å². The molecule has 42 heavy (non-hydrogen) atoms. The van der Waals surface area contributed by atoms with Gasteiger partial charge in [-0.15, -0.1) is 23.5 Å². The van der Waals surface area contributed by atoms with E-state index in [0.717, 1.165) is 24.8 Å². The van der Waals surface area contributed by atoms with Gasteiger partial charge in [0.15, 0.2) is 0 Å². The lowest BCUT2D eigenvalue weighted by atomic mass is 9.61. The molecule has 1 amide bonds. The monoisotopic (exact) mass is 615 g/mol. The molecule has 0 aromatic rings. The van der Waals surface area contributed by atoms with E-state index in [0.29, 0.717) is 11.7 Å². The van der Waals surface area contributed by atoms with Crippen molar-refractivity contribution in [3.63, 3.8) is 0 Å². The Labute approximate surface area is 265 Å². The highest BCUT2D eigenvalue weighted by molar-refractivity contribution is 8.21. The van der Waals surface area contributed by atoms with E-state index in [-0.39, 0.29) is 43.9 Å². The summed E-state index contributed by atoms with van der Waals surface area (Å²) in [7, 11) is 0. The lowest BCUT2D eigenvalue weighted by Gasteiger charge is -2.47. The molecule has 236 valence electrons. The quantitative estimate of drug-likeness (QED) is 0.275. The number of hydrogen-bond acceptors (Lipinski definition) is 5. The third-order valence-corrected chi connectivity index (χ3v) is 11.6. The number of carbonyl (C=O) groups is 1. The van der Waals surface area contributed by atoms with E-state index in [1.165, 1.54) is 20.3 Å². The zero-order chi connectivity index (χ0) is 32.1. The maximum absolute atomic E-state index is 12.8. The zero-order valence-electron chi connectivity index (χ0n) is 28.8. The first kappa shape index (κ1) is 35.0. The number of allylic oxidation sites excluding steroid dienone is 5. The van der Waals surface area contributed by atoms with Crippen LogP contribution in [-0.2, 0) is 4.74 Å². The van der Waals surface area contributed by atoms with Crippen LogP contribution in [-0.4, -0.2) is 26.3 Å². The van der Waals surface area contributed by atoms with Crippen molar-refractivity contribution in [2.75, 3.05) is 0 Å². The smallest absolute Gasteiger partial charge is 0.418 e. The minimum Gasteiger partial charge on any atom is -0.511 e. The molecule has 0 saturated heterocycles. The Kier molecular flexibility index (Phi) is 10.1. The van der Waals surface area contributed by atoms with Crippen molar-refractivity contribution in [3.05, 3.63) is 57.3 Å². The van der Waals surface area contributed by atoms with Gasteiger partial charge in [0.25, 0.3) is 0 Å². The normalized spacial score (nSPS) is 26.0. The van der Waals surface area contributed by atoms with Crippen molar-refractivity contribution >= 4 is 29.6 Å². The molecule has 0 fully saturated rings. The summed E-state index contributed by atoms with van der Waals surface area (Å²) in [5.41, 5.74) is 1.58. The third kappa shape index (κ3) is 7.94. The number of nitrogens with zero attached hydrogens (tertiary/aromatic N) is 1. The fourth-order valence-electron chi connectivity index (χ4n) is 5.91. The first-order chi connectivity index (χ1) is 19.0. The van der Waals surface area contributed by atoms with Gasteiger partial charge in [0.2, 0.25) is 0 Å². The first-order valence-corrected chi connectivity index (χ1v) is 17.3. The van der Waals surface area contributed by atoms with E-state index in [1.807, 2.05) is 23.5 Å². The molecule has 3 aliphatic rings. The molecule has 4 unspecified atom stereocenters. The van der Waals surface area contributed by atoms with Crippen molar-refractivity contribution in [2.24, 2.45) is 33.5 Å². The fraction of sp³-hybridized carbons (Fsp3) is 0.694. The highest BCUT2D eigenvalue weighted by atomic mass is 32.2. The molecule has 1 aliphatic heterocycles. The Morgan fingerprint density at radius 3 is 2.12 bits per heavy atom. The van der Waals surface area contributed by atoms with E-state index < -0.39 is 0 Å². The second-order valence-corrected chi connectivity index (χ2v) is 20.0. The van der Waals surface area contributed by atoms with Crippen LogP contribution in [0.3, 0.4) is 0 Å². The van der Waals surface area contributed by atoms with Gasteiger partial charge in [-0.25, -0.2) is 4.79 Å². The van der Waals surface area contributed by atoms with E-state index in [4.69, 9.17) is 4.74 Å². The lowest BCUT2D eigenvalue weighted by molar-refractivity contribution is 0.0472. The Bertz CT molecular complexity index is 1190. The molecular formula is C36H57NO3S2. The van der Waals surface area contributed by atoms with Crippen LogP contribution in [0.2, 0.25) is 0 Å². The second-order valence-electron chi connectivity index (χ2n) is 16.3. The number of aliphatic hydroxyl groups excluding tert-OH is 1. The van der Waals surface area contributed by atoms with E-state index in [9.17, 15) is 9.90 Å². The Hall–Kier alpha value is -1.53. The number of rotatable bonds is 8. The second kappa shape index (κ2) is 12.1. The Balaban J connectivity index is 1.97. The number of thioether (sulfide) groups is 2. The van der Waals surface area contributed by atoms with Crippen LogP contribution in [0.1, 0.15) is 116 Å². The molecule has 2 aliphatic carbocycles. The largest absolute Gasteiger partial charge is 0.511 e. The lowest BCUT2D eigenvalue weighted by Crippen LogP contribution is -2.40. The summed E-state index contributed by atoms with van der Waals surface area (Å²) >= 11 is 3.81. The molecule has 0 aromatic carbocycles.